The molecular formula is C5H11AlO. The maximum atomic E-state index is 9.81. The molecule has 1 nitrogen and oxygen atoms in total. The molecule has 0 saturated heterocycles. The van der Waals surface area contributed by atoms with Crippen LogP contribution in [0.4, 0.5) is 0 Å². The van der Waals surface area contributed by atoms with Crippen molar-refractivity contribution in [1.82, 2.24) is 0 Å². The molecule has 0 unspecified atom stereocenters. The molecular weight excluding hydrogens is 103 g/mol. The molecule has 0 rings (SSSR count). The molecule has 40 valence electrons. The van der Waals surface area contributed by atoms with E-state index in [0.29, 0.717) is 0 Å². The van der Waals surface area contributed by atoms with Crippen molar-refractivity contribution < 1.29 is 4.79 Å². The van der Waals surface area contributed by atoms with Gasteiger partial charge in [0.25, 0.3) is 14.1 Å². The molecule has 0 saturated carbocycles. The lowest BCUT2D eigenvalue weighted by molar-refractivity contribution is -0.106. The molecule has 0 heterocycles. The molecule has 0 spiro atoms. The zero-order valence-corrected chi connectivity index (χ0v) is 6.13. The molecule has 0 aromatic rings. The second kappa shape index (κ2) is 4.36. The van der Waals surface area contributed by atoms with Crippen LogP contribution in [0.1, 0.15) is 6.92 Å². The van der Waals surface area contributed by atoms with Crippen molar-refractivity contribution in [2.45, 2.75) is 23.3 Å². The fraction of sp³-hybridized carbons (Fsp3) is 0.800. The molecule has 0 fully saturated rings. The SMILES string of the molecule is C[CH2][Al]([CH3])[CH2]C=O. The number of hydrogen-bond acceptors (Lipinski definition) is 1. The first-order valence-electron chi connectivity index (χ1n) is 2.74. The lowest BCUT2D eigenvalue weighted by Gasteiger charge is -1.89. The van der Waals surface area contributed by atoms with Crippen molar-refractivity contribution in [3.05, 3.63) is 0 Å². The van der Waals surface area contributed by atoms with Crippen LogP contribution < -0.4 is 0 Å². The van der Waals surface area contributed by atoms with Crippen molar-refractivity contribution in [3.8, 4) is 0 Å². The summed E-state index contributed by atoms with van der Waals surface area (Å²) in [6.07, 6.45) is 1.04. The summed E-state index contributed by atoms with van der Waals surface area (Å²) in [6, 6.07) is 0. The number of carbonyl (C=O) groups excluding carboxylic acids is 1. The van der Waals surface area contributed by atoms with E-state index in [1.54, 1.807) is 0 Å². The Hall–Kier alpha value is 0.202. The first-order valence-corrected chi connectivity index (χ1v) is 5.53. The van der Waals surface area contributed by atoms with E-state index in [-0.39, 0.29) is 0 Å². The average Bonchev–Trinajstić information content (AvgIpc) is 1.68. The van der Waals surface area contributed by atoms with Crippen molar-refractivity contribution >= 4 is 20.4 Å². The van der Waals surface area contributed by atoms with Gasteiger partial charge in [0.15, 0.2) is 0 Å². The van der Waals surface area contributed by atoms with E-state index in [1.165, 1.54) is 5.28 Å². The molecule has 0 N–H and O–H groups in total. The van der Waals surface area contributed by atoms with Crippen LogP contribution in [0.5, 0.6) is 0 Å². The molecule has 0 aliphatic carbocycles. The largest absolute Gasteiger partial charge is 0.305 e. The number of rotatable bonds is 3. The number of carbonyl (C=O) groups is 1. The quantitative estimate of drug-likeness (QED) is 0.399. The van der Waals surface area contributed by atoms with Gasteiger partial charge in [-0.05, 0) is 5.28 Å². The predicted octanol–water partition coefficient (Wildman–Crippen LogP) is 1.33. The molecule has 0 radical (unpaired) electrons. The number of aldehydes is 1. The Kier molecular flexibility index (Phi) is 4.49. The lowest BCUT2D eigenvalue weighted by atomic mass is 10.9. The third-order valence-corrected chi connectivity index (χ3v) is 3.59. The summed E-state index contributed by atoms with van der Waals surface area (Å²) in [6.45, 7) is 2.15. The van der Waals surface area contributed by atoms with Crippen LogP contribution in [-0.4, -0.2) is 20.4 Å². The van der Waals surface area contributed by atoms with Gasteiger partial charge in [-0.2, -0.15) is 0 Å². The molecule has 0 amide bonds. The van der Waals surface area contributed by atoms with Crippen molar-refractivity contribution in [2.75, 3.05) is 0 Å². The van der Waals surface area contributed by atoms with Gasteiger partial charge in [0.05, 0.1) is 0 Å². The third-order valence-electron chi connectivity index (χ3n) is 1.20. The Morgan fingerprint density at radius 3 is 2.43 bits per heavy atom. The normalized spacial score (nSPS) is 8.29. The van der Waals surface area contributed by atoms with Crippen LogP contribution in [0.3, 0.4) is 0 Å². The first kappa shape index (κ1) is 7.20. The minimum atomic E-state index is -0.549. The highest BCUT2D eigenvalue weighted by molar-refractivity contribution is 6.59. The summed E-state index contributed by atoms with van der Waals surface area (Å²) >= 11 is -0.549. The van der Waals surface area contributed by atoms with Gasteiger partial charge in [-0.3, -0.25) is 0 Å². The Bertz CT molecular complexity index is 54.0. The van der Waals surface area contributed by atoms with E-state index in [4.69, 9.17) is 0 Å². The Labute approximate surface area is 49.1 Å². The molecule has 2 heteroatoms. The smallest absolute Gasteiger partial charge is 0.268 e. The van der Waals surface area contributed by atoms with Gasteiger partial charge in [0.1, 0.15) is 6.29 Å². The fourth-order valence-electron chi connectivity index (χ4n) is 0.331. The van der Waals surface area contributed by atoms with Gasteiger partial charge in [-0.25, -0.2) is 0 Å². The minimum absolute atomic E-state index is 0.549. The van der Waals surface area contributed by atoms with Crippen molar-refractivity contribution in [2.24, 2.45) is 0 Å². The van der Waals surface area contributed by atoms with E-state index in [9.17, 15) is 4.79 Å². The van der Waals surface area contributed by atoms with Crippen molar-refractivity contribution in [3.63, 3.8) is 0 Å². The first-order chi connectivity index (χ1) is 3.31. The van der Waals surface area contributed by atoms with Crippen LogP contribution in [0.15, 0.2) is 0 Å². The van der Waals surface area contributed by atoms with Gasteiger partial charge in [-0.1, -0.05) is 12.2 Å². The zero-order valence-electron chi connectivity index (χ0n) is 4.98. The monoisotopic (exact) mass is 114 g/mol. The van der Waals surface area contributed by atoms with Gasteiger partial charge < -0.3 is 4.79 Å². The Morgan fingerprint density at radius 1 is 1.71 bits per heavy atom. The second-order valence-corrected chi connectivity index (χ2v) is 5.41. The minimum Gasteiger partial charge on any atom is -0.305 e. The third kappa shape index (κ3) is 4.05. The molecule has 0 atom stereocenters. The Morgan fingerprint density at radius 2 is 2.29 bits per heavy atom. The topological polar surface area (TPSA) is 17.1 Å². The average molecular weight is 114 g/mol. The van der Waals surface area contributed by atoms with Gasteiger partial charge in [0.2, 0.25) is 0 Å². The standard InChI is InChI=1S/C2H3O.C2H5.CH3.Al/c1-2-3;1-2;;/h2H,1H2;1H2,2H3;1H3;. The van der Waals surface area contributed by atoms with E-state index in [0.717, 1.165) is 11.6 Å². The van der Waals surface area contributed by atoms with Crippen molar-refractivity contribution in [1.29, 1.82) is 0 Å². The summed E-state index contributed by atoms with van der Waals surface area (Å²) in [4.78, 5) is 9.81. The maximum absolute atomic E-state index is 9.81. The maximum Gasteiger partial charge on any atom is 0.268 e. The van der Waals surface area contributed by atoms with E-state index in [2.05, 4.69) is 12.7 Å². The molecule has 0 aromatic carbocycles. The number of hydrogen-bond donors (Lipinski definition) is 0. The van der Waals surface area contributed by atoms with Crippen LogP contribution in [0, 0.1) is 0 Å². The summed E-state index contributed by atoms with van der Waals surface area (Å²) in [5, 5.41) is 2.11. The van der Waals surface area contributed by atoms with E-state index in [1.807, 2.05) is 0 Å². The second-order valence-electron chi connectivity index (χ2n) is 1.92. The van der Waals surface area contributed by atoms with Gasteiger partial charge in [0, 0.05) is 0 Å². The Balaban J connectivity index is 2.98. The predicted molar refractivity (Wildman–Crippen MR) is 33.0 cm³/mol. The molecule has 0 aliphatic rings. The highest BCUT2D eigenvalue weighted by atomic mass is 27.2. The van der Waals surface area contributed by atoms with Crippen LogP contribution in [-0.2, 0) is 4.79 Å². The molecule has 0 aromatic heterocycles. The van der Waals surface area contributed by atoms with Crippen LogP contribution >= 0.6 is 0 Å². The van der Waals surface area contributed by atoms with Crippen LogP contribution in [0.2, 0.25) is 16.4 Å². The highest BCUT2D eigenvalue weighted by Gasteiger charge is 2.03. The van der Waals surface area contributed by atoms with Gasteiger partial charge >= 0.3 is 0 Å². The summed E-state index contributed by atoms with van der Waals surface area (Å²) < 4.78 is 0. The van der Waals surface area contributed by atoms with Gasteiger partial charge in [-0.15, -0.1) is 5.79 Å². The zero-order chi connectivity index (χ0) is 5.70. The summed E-state index contributed by atoms with van der Waals surface area (Å²) in [5.74, 6) is 2.22. The van der Waals surface area contributed by atoms with Crippen LogP contribution in [0.25, 0.3) is 0 Å². The lowest BCUT2D eigenvalue weighted by Crippen LogP contribution is -2.03. The highest BCUT2D eigenvalue weighted by Crippen LogP contribution is 1.92. The van der Waals surface area contributed by atoms with E-state index >= 15 is 0 Å². The molecule has 0 bridgehead atoms. The molecule has 7 heavy (non-hydrogen) atoms. The summed E-state index contributed by atoms with van der Waals surface area (Å²) in [5.41, 5.74) is 0. The fourth-order valence-corrected chi connectivity index (χ4v) is 0.993. The summed E-state index contributed by atoms with van der Waals surface area (Å²) in [7, 11) is 0. The molecule has 0 aliphatic heterocycles. The van der Waals surface area contributed by atoms with E-state index < -0.39 is 14.1 Å².